The first kappa shape index (κ1) is 12.3. The van der Waals surface area contributed by atoms with Crippen LogP contribution in [-0.4, -0.2) is 19.5 Å². The van der Waals surface area contributed by atoms with Gasteiger partial charge < -0.3 is 5.11 Å². The molecule has 0 spiro atoms. The summed E-state index contributed by atoms with van der Waals surface area (Å²) in [6.45, 7) is 0. The lowest BCUT2D eigenvalue weighted by atomic mass is 10.2. The third-order valence-electron chi connectivity index (χ3n) is 2.54. The normalized spacial score (nSPS) is 16.4. The van der Waals surface area contributed by atoms with Crippen LogP contribution < -0.4 is 0 Å². The largest absolute Gasteiger partial charge is 0.481 e. The van der Waals surface area contributed by atoms with E-state index in [-0.39, 0.29) is 22.6 Å². The molecule has 1 aliphatic rings. The maximum Gasteiger partial charge on any atom is 0.303 e. The molecule has 0 unspecified atom stereocenters. The molecule has 0 fully saturated rings. The van der Waals surface area contributed by atoms with Crippen LogP contribution in [-0.2, 0) is 14.6 Å². The fourth-order valence-electron chi connectivity index (χ4n) is 1.71. The predicted molar refractivity (Wildman–Crippen MR) is 66.2 cm³/mol. The van der Waals surface area contributed by atoms with Gasteiger partial charge in [0.1, 0.15) is 0 Å². The SMILES string of the molecule is O=C(O)CCC1=Cc2c(Br)cccc2S1(=O)=O. The molecule has 1 aromatic rings. The van der Waals surface area contributed by atoms with Crippen LogP contribution in [0.5, 0.6) is 0 Å². The van der Waals surface area contributed by atoms with E-state index in [1.165, 1.54) is 12.1 Å². The topological polar surface area (TPSA) is 71.4 Å². The van der Waals surface area contributed by atoms with Gasteiger partial charge in [-0.25, -0.2) is 8.42 Å². The van der Waals surface area contributed by atoms with Crippen LogP contribution in [0.2, 0.25) is 0 Å². The molecule has 1 aliphatic heterocycles. The number of sulfone groups is 1. The van der Waals surface area contributed by atoms with Crippen LogP contribution in [0.1, 0.15) is 18.4 Å². The molecule has 0 atom stereocenters. The molecule has 2 rings (SSSR count). The minimum absolute atomic E-state index is 0.0266. The number of halogens is 1. The number of allylic oxidation sites excluding steroid dienone is 1. The minimum Gasteiger partial charge on any atom is -0.481 e. The quantitative estimate of drug-likeness (QED) is 0.929. The van der Waals surface area contributed by atoms with Crippen molar-refractivity contribution in [3.8, 4) is 0 Å². The van der Waals surface area contributed by atoms with Crippen molar-refractivity contribution in [1.82, 2.24) is 0 Å². The van der Waals surface area contributed by atoms with Crippen LogP contribution in [0.25, 0.3) is 6.08 Å². The van der Waals surface area contributed by atoms with Crippen molar-refractivity contribution in [3.05, 3.63) is 33.1 Å². The van der Waals surface area contributed by atoms with Crippen molar-refractivity contribution in [1.29, 1.82) is 0 Å². The third-order valence-corrected chi connectivity index (χ3v) is 5.18. The molecule has 0 aromatic heterocycles. The number of rotatable bonds is 3. The number of carboxylic acid groups (broad SMARTS) is 1. The zero-order valence-electron chi connectivity index (χ0n) is 8.68. The molecule has 90 valence electrons. The van der Waals surface area contributed by atoms with Crippen molar-refractivity contribution in [2.45, 2.75) is 17.7 Å². The molecule has 0 saturated heterocycles. The Balaban J connectivity index is 2.44. The molecule has 1 heterocycles. The number of aliphatic carboxylic acids is 1. The Kier molecular flexibility index (Phi) is 3.09. The fraction of sp³-hybridized carbons (Fsp3) is 0.182. The summed E-state index contributed by atoms with van der Waals surface area (Å²) in [5.41, 5.74) is 0.605. The lowest BCUT2D eigenvalue weighted by Crippen LogP contribution is -2.03. The average Bonchev–Trinajstić information content (AvgIpc) is 2.50. The Morgan fingerprint density at radius 1 is 1.35 bits per heavy atom. The number of benzene rings is 1. The van der Waals surface area contributed by atoms with Gasteiger partial charge in [0.25, 0.3) is 0 Å². The number of fused-ring (bicyclic) bond motifs is 1. The van der Waals surface area contributed by atoms with Crippen LogP contribution in [0.15, 0.2) is 32.5 Å². The molecule has 17 heavy (non-hydrogen) atoms. The van der Waals surface area contributed by atoms with E-state index in [0.29, 0.717) is 10.0 Å². The van der Waals surface area contributed by atoms with Crippen molar-refractivity contribution < 1.29 is 18.3 Å². The second kappa shape index (κ2) is 4.27. The molecule has 6 heteroatoms. The third kappa shape index (κ3) is 2.14. The van der Waals surface area contributed by atoms with Crippen molar-refractivity contribution in [2.24, 2.45) is 0 Å². The molecule has 0 aliphatic carbocycles. The minimum atomic E-state index is -3.50. The van der Waals surface area contributed by atoms with Crippen LogP contribution >= 0.6 is 15.9 Å². The summed E-state index contributed by atoms with van der Waals surface area (Å²) in [4.78, 5) is 10.9. The van der Waals surface area contributed by atoms with E-state index in [1.54, 1.807) is 12.1 Å². The zero-order chi connectivity index (χ0) is 12.6. The molecule has 1 aromatic carbocycles. The standard InChI is InChI=1S/C11H9BrO4S/c12-9-2-1-3-10-8(9)6-7(17(10,15)16)4-5-11(13)14/h1-3,6H,4-5H2,(H,13,14). The number of carboxylic acids is 1. The first-order chi connectivity index (χ1) is 7.93. The Hall–Kier alpha value is -1.14. The van der Waals surface area contributed by atoms with Gasteiger partial charge in [0.05, 0.1) is 16.2 Å². The van der Waals surface area contributed by atoms with E-state index < -0.39 is 15.8 Å². The predicted octanol–water partition coefficient (Wildman–Crippen LogP) is 2.44. The molecule has 0 radical (unpaired) electrons. The van der Waals surface area contributed by atoms with E-state index in [9.17, 15) is 13.2 Å². The van der Waals surface area contributed by atoms with E-state index in [4.69, 9.17) is 5.11 Å². The molecule has 0 amide bonds. The molecule has 0 bridgehead atoms. The first-order valence-electron chi connectivity index (χ1n) is 4.89. The second-order valence-corrected chi connectivity index (χ2v) is 6.48. The fourth-order valence-corrected chi connectivity index (χ4v) is 3.96. The van der Waals surface area contributed by atoms with E-state index in [2.05, 4.69) is 15.9 Å². The maximum absolute atomic E-state index is 12.1. The van der Waals surface area contributed by atoms with Crippen LogP contribution in [0, 0.1) is 0 Å². The summed E-state index contributed by atoms with van der Waals surface area (Å²) in [6.07, 6.45) is 1.38. The highest BCUT2D eigenvalue weighted by Gasteiger charge is 2.30. The summed E-state index contributed by atoms with van der Waals surface area (Å²) in [5, 5.41) is 8.58. The van der Waals surface area contributed by atoms with Gasteiger partial charge >= 0.3 is 5.97 Å². The monoisotopic (exact) mass is 316 g/mol. The van der Waals surface area contributed by atoms with Gasteiger partial charge in [-0.3, -0.25) is 4.79 Å². The Morgan fingerprint density at radius 2 is 2.06 bits per heavy atom. The Morgan fingerprint density at radius 3 is 2.65 bits per heavy atom. The van der Waals surface area contributed by atoms with Crippen molar-refractivity contribution >= 4 is 37.8 Å². The van der Waals surface area contributed by atoms with Gasteiger partial charge in [0.2, 0.25) is 9.84 Å². The smallest absolute Gasteiger partial charge is 0.303 e. The molecule has 4 nitrogen and oxygen atoms in total. The molecule has 0 saturated carbocycles. The summed E-state index contributed by atoms with van der Waals surface area (Å²) >= 11 is 3.28. The number of hydrogen-bond acceptors (Lipinski definition) is 3. The number of carbonyl (C=O) groups is 1. The van der Waals surface area contributed by atoms with Crippen LogP contribution in [0.3, 0.4) is 0 Å². The highest BCUT2D eigenvalue weighted by Crippen LogP contribution is 2.38. The van der Waals surface area contributed by atoms with Crippen molar-refractivity contribution in [3.63, 3.8) is 0 Å². The summed E-state index contributed by atoms with van der Waals surface area (Å²) < 4.78 is 24.8. The summed E-state index contributed by atoms with van der Waals surface area (Å²) in [7, 11) is -3.50. The van der Waals surface area contributed by atoms with E-state index in [1.807, 2.05) is 0 Å². The maximum atomic E-state index is 12.1. The zero-order valence-corrected chi connectivity index (χ0v) is 11.1. The highest BCUT2D eigenvalue weighted by molar-refractivity contribution is 9.10. The van der Waals surface area contributed by atoms with Gasteiger partial charge in [-0.05, 0) is 24.6 Å². The van der Waals surface area contributed by atoms with Gasteiger partial charge in [-0.15, -0.1) is 0 Å². The molecule has 1 N–H and O–H groups in total. The van der Waals surface area contributed by atoms with E-state index in [0.717, 1.165) is 0 Å². The summed E-state index contributed by atoms with van der Waals surface area (Å²) in [5.74, 6) is -1.00. The van der Waals surface area contributed by atoms with Crippen LogP contribution in [0.4, 0.5) is 0 Å². The Labute approximate surface area is 107 Å². The lowest BCUT2D eigenvalue weighted by Gasteiger charge is -2.02. The molecular weight excluding hydrogens is 308 g/mol. The lowest BCUT2D eigenvalue weighted by molar-refractivity contribution is -0.136. The second-order valence-electron chi connectivity index (χ2n) is 3.66. The van der Waals surface area contributed by atoms with Gasteiger partial charge in [-0.1, -0.05) is 22.0 Å². The number of hydrogen-bond donors (Lipinski definition) is 1. The average molecular weight is 317 g/mol. The summed E-state index contributed by atoms with van der Waals surface area (Å²) in [6, 6.07) is 4.93. The van der Waals surface area contributed by atoms with E-state index >= 15 is 0 Å². The molecular formula is C11H9BrO4S. The van der Waals surface area contributed by atoms with Gasteiger partial charge in [0.15, 0.2) is 0 Å². The highest BCUT2D eigenvalue weighted by atomic mass is 79.9. The van der Waals surface area contributed by atoms with Crippen molar-refractivity contribution in [2.75, 3.05) is 0 Å². The van der Waals surface area contributed by atoms with Gasteiger partial charge in [0, 0.05) is 10.0 Å². The van der Waals surface area contributed by atoms with Gasteiger partial charge in [-0.2, -0.15) is 0 Å². The first-order valence-corrected chi connectivity index (χ1v) is 7.16. The Bertz CT molecular complexity index is 616.